The van der Waals surface area contributed by atoms with Gasteiger partial charge in [0.05, 0.1) is 34.6 Å². The number of nitrogens with one attached hydrogen (secondary N) is 2. The Hall–Kier alpha value is -3.10. The van der Waals surface area contributed by atoms with Crippen LogP contribution in [0.4, 0.5) is 11.4 Å². The SMILES string of the molecule is NC(=O)c1ccc(C(N)=O)c2c1NC(=NCc1cccc(Cl)c1)C1(CCOCC1)N2. The lowest BCUT2D eigenvalue weighted by molar-refractivity contribution is 0.0777. The van der Waals surface area contributed by atoms with Crippen molar-refractivity contribution in [1.82, 2.24) is 0 Å². The van der Waals surface area contributed by atoms with Crippen molar-refractivity contribution >= 4 is 40.6 Å². The predicted octanol–water partition coefficient (Wildman–Crippen LogP) is 2.52. The molecule has 2 aliphatic heterocycles. The minimum absolute atomic E-state index is 0.250. The number of carbonyl (C=O) groups excluding carboxylic acids is 2. The van der Waals surface area contributed by atoms with Crippen molar-refractivity contribution in [3.63, 3.8) is 0 Å². The van der Waals surface area contributed by atoms with Crippen LogP contribution in [0.1, 0.15) is 39.1 Å². The standard InChI is InChI=1S/C21H22ClN5O3/c22-13-3-1-2-12(10-13)11-25-20-21(6-8-30-9-7-21)27-17-15(19(24)29)5-4-14(18(23)28)16(17)26-20/h1-5,10,27H,6-9,11H2,(H2,23,28)(H2,24,29)(H,25,26). The monoisotopic (exact) mass is 427 g/mol. The second kappa shape index (κ2) is 7.97. The molecule has 0 radical (unpaired) electrons. The van der Waals surface area contributed by atoms with E-state index >= 15 is 0 Å². The van der Waals surface area contributed by atoms with E-state index in [1.807, 2.05) is 18.2 Å². The van der Waals surface area contributed by atoms with E-state index in [1.165, 1.54) is 12.1 Å². The van der Waals surface area contributed by atoms with Crippen molar-refractivity contribution < 1.29 is 14.3 Å². The van der Waals surface area contributed by atoms with Crippen molar-refractivity contribution in [2.45, 2.75) is 24.9 Å². The minimum atomic E-state index is -0.617. The zero-order valence-corrected chi connectivity index (χ0v) is 17.0. The maximum Gasteiger partial charge on any atom is 0.250 e. The third kappa shape index (κ3) is 3.71. The third-order valence-electron chi connectivity index (χ3n) is 5.45. The number of primary amides is 2. The highest BCUT2D eigenvalue weighted by molar-refractivity contribution is 6.30. The molecule has 4 rings (SSSR count). The first kappa shape index (κ1) is 20.2. The van der Waals surface area contributed by atoms with Crippen LogP contribution in [-0.4, -0.2) is 36.4 Å². The summed E-state index contributed by atoms with van der Waals surface area (Å²) < 4.78 is 5.55. The van der Waals surface area contributed by atoms with Crippen LogP contribution in [0.15, 0.2) is 41.4 Å². The van der Waals surface area contributed by atoms with Gasteiger partial charge in [0.25, 0.3) is 11.8 Å². The van der Waals surface area contributed by atoms with Crippen LogP contribution in [0.5, 0.6) is 0 Å². The molecule has 2 aliphatic rings. The summed E-state index contributed by atoms with van der Waals surface area (Å²) in [6.07, 6.45) is 1.26. The fourth-order valence-corrected chi connectivity index (χ4v) is 4.10. The fraction of sp³-hybridized carbons (Fsp3) is 0.286. The van der Waals surface area contributed by atoms with E-state index in [1.54, 1.807) is 6.07 Å². The average Bonchev–Trinajstić information content (AvgIpc) is 2.72. The number of hydrogen-bond acceptors (Lipinski definition) is 5. The summed E-state index contributed by atoms with van der Waals surface area (Å²) >= 11 is 6.09. The average molecular weight is 428 g/mol. The highest BCUT2D eigenvalue weighted by Gasteiger charge is 2.43. The molecule has 0 atom stereocenters. The van der Waals surface area contributed by atoms with Crippen LogP contribution < -0.4 is 22.1 Å². The van der Waals surface area contributed by atoms with Crippen molar-refractivity contribution in [2.75, 3.05) is 23.8 Å². The fourth-order valence-electron chi connectivity index (χ4n) is 3.89. The van der Waals surface area contributed by atoms with E-state index in [4.69, 9.17) is 32.8 Å². The molecule has 1 spiro atoms. The van der Waals surface area contributed by atoms with Gasteiger partial charge in [-0.05, 0) is 29.8 Å². The number of nitrogens with two attached hydrogens (primary N) is 2. The van der Waals surface area contributed by atoms with Gasteiger partial charge in [-0.1, -0.05) is 23.7 Å². The molecule has 0 aromatic heterocycles. The van der Waals surface area contributed by atoms with Gasteiger partial charge in [-0.3, -0.25) is 14.6 Å². The van der Waals surface area contributed by atoms with Gasteiger partial charge in [0, 0.05) is 31.1 Å². The van der Waals surface area contributed by atoms with Gasteiger partial charge in [0.2, 0.25) is 0 Å². The van der Waals surface area contributed by atoms with E-state index in [9.17, 15) is 9.59 Å². The maximum atomic E-state index is 12.0. The molecule has 2 amide bonds. The number of amidine groups is 1. The zero-order valence-electron chi connectivity index (χ0n) is 16.2. The summed E-state index contributed by atoms with van der Waals surface area (Å²) in [5.41, 5.74) is 12.9. The molecular formula is C21H22ClN5O3. The molecule has 1 saturated heterocycles. The quantitative estimate of drug-likeness (QED) is 0.595. The summed E-state index contributed by atoms with van der Waals surface area (Å²) in [5, 5.41) is 7.36. The Kier molecular flexibility index (Phi) is 5.36. The van der Waals surface area contributed by atoms with E-state index in [0.717, 1.165) is 5.56 Å². The van der Waals surface area contributed by atoms with Crippen molar-refractivity contribution in [3.8, 4) is 0 Å². The van der Waals surface area contributed by atoms with Crippen LogP contribution in [0, 0.1) is 0 Å². The van der Waals surface area contributed by atoms with Gasteiger partial charge < -0.3 is 26.8 Å². The van der Waals surface area contributed by atoms with Gasteiger partial charge in [0.1, 0.15) is 5.84 Å². The molecule has 0 saturated carbocycles. The first-order chi connectivity index (χ1) is 14.4. The number of anilines is 2. The smallest absolute Gasteiger partial charge is 0.250 e. The van der Waals surface area contributed by atoms with Crippen LogP contribution in [0.2, 0.25) is 5.02 Å². The van der Waals surface area contributed by atoms with Gasteiger partial charge >= 0.3 is 0 Å². The first-order valence-electron chi connectivity index (χ1n) is 9.58. The minimum Gasteiger partial charge on any atom is -0.381 e. The number of nitrogens with zero attached hydrogens (tertiary/aromatic N) is 1. The Morgan fingerprint density at radius 2 is 1.73 bits per heavy atom. The largest absolute Gasteiger partial charge is 0.381 e. The Bertz CT molecular complexity index is 1050. The number of rotatable bonds is 4. The lowest BCUT2D eigenvalue weighted by Gasteiger charge is -2.44. The molecule has 0 bridgehead atoms. The molecule has 0 aliphatic carbocycles. The normalized spacial score (nSPS) is 18.4. The van der Waals surface area contributed by atoms with E-state index < -0.39 is 17.4 Å². The van der Waals surface area contributed by atoms with Gasteiger partial charge in [-0.15, -0.1) is 0 Å². The molecule has 0 unspecified atom stereocenters. The van der Waals surface area contributed by atoms with E-state index in [-0.39, 0.29) is 11.1 Å². The zero-order chi connectivity index (χ0) is 21.3. The number of aliphatic imine (C=N–C) groups is 1. The molecule has 2 aromatic rings. The third-order valence-corrected chi connectivity index (χ3v) is 5.69. The Morgan fingerprint density at radius 1 is 1.07 bits per heavy atom. The Labute approximate surface area is 178 Å². The summed E-state index contributed by atoms with van der Waals surface area (Å²) in [6, 6.07) is 10.5. The lowest BCUT2D eigenvalue weighted by atomic mass is 9.84. The molecular weight excluding hydrogens is 406 g/mol. The van der Waals surface area contributed by atoms with Crippen molar-refractivity contribution in [2.24, 2.45) is 16.5 Å². The molecule has 156 valence electrons. The van der Waals surface area contributed by atoms with E-state index in [2.05, 4.69) is 10.6 Å². The number of amides is 2. The van der Waals surface area contributed by atoms with Gasteiger partial charge in [0.15, 0.2) is 0 Å². The number of hydrogen-bond donors (Lipinski definition) is 4. The Balaban J connectivity index is 1.81. The predicted molar refractivity (Wildman–Crippen MR) is 116 cm³/mol. The van der Waals surface area contributed by atoms with Crippen LogP contribution in [0.3, 0.4) is 0 Å². The maximum absolute atomic E-state index is 12.0. The summed E-state index contributed by atoms with van der Waals surface area (Å²) in [5.74, 6) is -0.561. The molecule has 6 N–H and O–H groups in total. The number of ether oxygens (including phenoxy) is 1. The van der Waals surface area contributed by atoms with E-state index in [0.29, 0.717) is 54.8 Å². The second-order valence-corrected chi connectivity index (χ2v) is 7.81. The highest BCUT2D eigenvalue weighted by Crippen LogP contribution is 2.40. The van der Waals surface area contributed by atoms with Crippen LogP contribution >= 0.6 is 11.6 Å². The molecule has 1 fully saturated rings. The summed E-state index contributed by atoms with van der Waals surface area (Å²) in [7, 11) is 0. The van der Waals surface area contributed by atoms with Crippen molar-refractivity contribution in [3.05, 3.63) is 58.1 Å². The summed E-state index contributed by atoms with van der Waals surface area (Å²) in [6.45, 7) is 1.45. The van der Waals surface area contributed by atoms with Gasteiger partial charge in [-0.2, -0.15) is 0 Å². The number of fused-ring (bicyclic) bond motifs is 1. The van der Waals surface area contributed by atoms with Gasteiger partial charge in [-0.25, -0.2) is 0 Å². The topological polar surface area (TPSA) is 132 Å². The molecule has 30 heavy (non-hydrogen) atoms. The van der Waals surface area contributed by atoms with Crippen LogP contribution in [-0.2, 0) is 11.3 Å². The second-order valence-electron chi connectivity index (χ2n) is 7.38. The molecule has 9 heteroatoms. The van der Waals surface area contributed by atoms with Crippen molar-refractivity contribution in [1.29, 1.82) is 0 Å². The Morgan fingerprint density at radius 3 is 2.37 bits per heavy atom. The molecule has 8 nitrogen and oxygen atoms in total. The van der Waals surface area contributed by atoms with Crippen LogP contribution in [0.25, 0.3) is 0 Å². The highest BCUT2D eigenvalue weighted by atomic mass is 35.5. The number of halogens is 1. The number of carbonyl (C=O) groups is 2. The molecule has 2 aromatic carbocycles. The first-order valence-corrected chi connectivity index (χ1v) is 9.96. The summed E-state index contributed by atoms with van der Waals surface area (Å²) in [4.78, 5) is 28.8. The molecule has 2 heterocycles. The number of benzene rings is 2. The lowest BCUT2D eigenvalue weighted by Crippen LogP contribution is -2.56.